The van der Waals surface area contributed by atoms with Gasteiger partial charge in [-0.2, -0.15) is 0 Å². The maximum atomic E-state index is 13.0. The molecule has 2 aromatic carbocycles. The second-order valence-electron chi connectivity index (χ2n) is 4.42. The number of carbonyl (C=O) groups is 1. The number of nitrogens with one attached hydrogen (secondary N) is 1. The van der Waals surface area contributed by atoms with E-state index in [1.807, 2.05) is 0 Å². The fraction of sp³-hybridized carbons (Fsp3) is 0.0714. The number of benzene rings is 2. The lowest BCUT2D eigenvalue weighted by Crippen LogP contribution is -2.32. The summed E-state index contributed by atoms with van der Waals surface area (Å²) in [5, 5.41) is 21.1. The standard InChI is InChI=1S/C14H12BClFNO3/c16-13-5-4-10(7-12(13)15(20)21)14(19)18-8-9-2-1-3-11(17)6-9/h1-7,20-21H,8H2,(H,18,19). The lowest BCUT2D eigenvalue weighted by Gasteiger charge is -2.08. The van der Waals surface area contributed by atoms with Crippen LogP contribution in [-0.4, -0.2) is 23.1 Å². The van der Waals surface area contributed by atoms with Gasteiger partial charge in [-0.3, -0.25) is 4.79 Å². The van der Waals surface area contributed by atoms with Gasteiger partial charge in [-0.05, 0) is 35.9 Å². The van der Waals surface area contributed by atoms with Crippen LogP contribution >= 0.6 is 11.6 Å². The van der Waals surface area contributed by atoms with Gasteiger partial charge >= 0.3 is 7.12 Å². The van der Waals surface area contributed by atoms with Crippen molar-refractivity contribution >= 4 is 30.1 Å². The van der Waals surface area contributed by atoms with Crippen molar-refractivity contribution in [2.45, 2.75) is 6.54 Å². The van der Waals surface area contributed by atoms with Crippen LogP contribution in [0.15, 0.2) is 42.5 Å². The summed E-state index contributed by atoms with van der Waals surface area (Å²) in [6, 6.07) is 10.1. The third kappa shape index (κ3) is 4.04. The Labute approximate surface area is 126 Å². The largest absolute Gasteiger partial charge is 0.489 e. The van der Waals surface area contributed by atoms with E-state index >= 15 is 0 Å². The lowest BCUT2D eigenvalue weighted by molar-refractivity contribution is 0.0951. The summed E-state index contributed by atoms with van der Waals surface area (Å²) in [4.78, 5) is 12.0. The normalized spacial score (nSPS) is 10.3. The first kappa shape index (κ1) is 15.5. The van der Waals surface area contributed by atoms with Gasteiger partial charge in [0.15, 0.2) is 0 Å². The molecule has 21 heavy (non-hydrogen) atoms. The fourth-order valence-electron chi connectivity index (χ4n) is 1.81. The van der Waals surface area contributed by atoms with Crippen LogP contribution in [0.25, 0.3) is 0 Å². The minimum absolute atomic E-state index is 0.0510. The highest BCUT2D eigenvalue weighted by molar-refractivity contribution is 6.62. The first-order valence-electron chi connectivity index (χ1n) is 6.15. The Bertz CT molecular complexity index is 666. The summed E-state index contributed by atoms with van der Waals surface area (Å²) in [5.41, 5.74) is 0.911. The molecule has 1 amide bonds. The molecule has 2 aromatic rings. The predicted octanol–water partition coefficient (Wildman–Crippen LogP) is 1.09. The van der Waals surface area contributed by atoms with Crippen LogP contribution in [0.5, 0.6) is 0 Å². The van der Waals surface area contributed by atoms with Gasteiger partial charge in [0.1, 0.15) is 5.82 Å². The quantitative estimate of drug-likeness (QED) is 0.741. The molecular formula is C14H12BClFNO3. The molecule has 0 aromatic heterocycles. The second kappa shape index (κ2) is 6.71. The van der Waals surface area contributed by atoms with Crippen molar-refractivity contribution < 1.29 is 19.2 Å². The van der Waals surface area contributed by atoms with E-state index < -0.39 is 13.0 Å². The van der Waals surface area contributed by atoms with E-state index in [4.69, 9.17) is 21.6 Å². The molecule has 0 atom stereocenters. The second-order valence-corrected chi connectivity index (χ2v) is 4.83. The summed E-state index contributed by atoms with van der Waals surface area (Å²) in [6.07, 6.45) is 0. The van der Waals surface area contributed by atoms with Crippen molar-refractivity contribution in [3.63, 3.8) is 0 Å². The number of carbonyl (C=O) groups excluding carboxylic acids is 1. The van der Waals surface area contributed by atoms with Crippen molar-refractivity contribution in [1.82, 2.24) is 5.32 Å². The van der Waals surface area contributed by atoms with Gasteiger partial charge in [0.25, 0.3) is 5.91 Å². The molecule has 0 radical (unpaired) electrons. The summed E-state index contributed by atoms with van der Waals surface area (Å²) in [7, 11) is -1.76. The Balaban J connectivity index is 2.08. The van der Waals surface area contributed by atoms with E-state index in [1.54, 1.807) is 12.1 Å². The van der Waals surface area contributed by atoms with Gasteiger partial charge in [0.05, 0.1) is 0 Å². The molecule has 0 fully saturated rings. The van der Waals surface area contributed by atoms with Gasteiger partial charge < -0.3 is 15.4 Å². The molecule has 0 saturated carbocycles. The van der Waals surface area contributed by atoms with Gasteiger partial charge in [0, 0.05) is 22.6 Å². The van der Waals surface area contributed by atoms with E-state index in [0.29, 0.717) is 5.56 Å². The van der Waals surface area contributed by atoms with Crippen molar-refractivity contribution in [2.75, 3.05) is 0 Å². The molecule has 4 nitrogen and oxygen atoms in total. The van der Waals surface area contributed by atoms with E-state index in [1.165, 1.54) is 30.3 Å². The van der Waals surface area contributed by atoms with Crippen LogP contribution in [0.4, 0.5) is 4.39 Å². The zero-order valence-electron chi connectivity index (χ0n) is 10.9. The van der Waals surface area contributed by atoms with E-state index in [9.17, 15) is 9.18 Å². The van der Waals surface area contributed by atoms with Crippen LogP contribution in [0.2, 0.25) is 5.02 Å². The Morgan fingerprint density at radius 2 is 2.00 bits per heavy atom. The molecule has 0 unspecified atom stereocenters. The topological polar surface area (TPSA) is 69.6 Å². The van der Waals surface area contributed by atoms with E-state index in [2.05, 4.69) is 5.32 Å². The summed E-state index contributed by atoms with van der Waals surface area (Å²) in [5.74, 6) is -0.795. The summed E-state index contributed by atoms with van der Waals surface area (Å²) >= 11 is 5.79. The van der Waals surface area contributed by atoms with Crippen LogP contribution in [0.1, 0.15) is 15.9 Å². The molecule has 0 spiro atoms. The van der Waals surface area contributed by atoms with Gasteiger partial charge in [-0.25, -0.2) is 4.39 Å². The highest BCUT2D eigenvalue weighted by Crippen LogP contribution is 2.09. The average Bonchev–Trinajstić information content (AvgIpc) is 2.45. The van der Waals surface area contributed by atoms with E-state index in [0.717, 1.165) is 0 Å². The number of hydrogen-bond acceptors (Lipinski definition) is 3. The first-order chi connectivity index (χ1) is 9.97. The number of hydrogen-bond donors (Lipinski definition) is 3. The maximum absolute atomic E-state index is 13.0. The molecule has 7 heteroatoms. The predicted molar refractivity (Wildman–Crippen MR) is 78.8 cm³/mol. The zero-order valence-corrected chi connectivity index (χ0v) is 11.6. The first-order valence-corrected chi connectivity index (χ1v) is 6.53. The number of rotatable bonds is 4. The highest BCUT2D eigenvalue weighted by atomic mass is 35.5. The molecule has 0 bridgehead atoms. The SMILES string of the molecule is O=C(NCc1cccc(F)c1)c1ccc(Cl)c(B(O)O)c1. The average molecular weight is 308 g/mol. The third-order valence-electron chi connectivity index (χ3n) is 2.88. The van der Waals surface area contributed by atoms with Crippen LogP contribution in [0, 0.1) is 5.82 Å². The van der Waals surface area contributed by atoms with Crippen molar-refractivity contribution in [1.29, 1.82) is 0 Å². The fourth-order valence-corrected chi connectivity index (χ4v) is 2.03. The molecule has 3 N–H and O–H groups in total. The third-order valence-corrected chi connectivity index (χ3v) is 3.22. The molecular weight excluding hydrogens is 295 g/mol. The molecule has 0 aliphatic heterocycles. The molecule has 0 heterocycles. The lowest BCUT2D eigenvalue weighted by atomic mass is 9.79. The molecule has 0 aliphatic carbocycles. The Morgan fingerprint density at radius 1 is 1.24 bits per heavy atom. The van der Waals surface area contributed by atoms with Crippen molar-refractivity contribution in [3.8, 4) is 0 Å². The minimum atomic E-state index is -1.76. The van der Waals surface area contributed by atoms with Gasteiger partial charge in [0.2, 0.25) is 0 Å². The monoisotopic (exact) mass is 307 g/mol. The van der Waals surface area contributed by atoms with Crippen LogP contribution < -0.4 is 10.8 Å². The molecule has 0 aliphatic rings. The summed E-state index contributed by atoms with van der Waals surface area (Å²) < 4.78 is 13.0. The molecule has 0 saturated heterocycles. The van der Waals surface area contributed by atoms with Crippen molar-refractivity contribution in [2.24, 2.45) is 0 Å². The smallest absolute Gasteiger partial charge is 0.423 e. The number of halogens is 2. The van der Waals surface area contributed by atoms with Crippen LogP contribution in [0.3, 0.4) is 0 Å². The number of amides is 1. The minimum Gasteiger partial charge on any atom is -0.423 e. The van der Waals surface area contributed by atoms with Gasteiger partial charge in [-0.1, -0.05) is 23.7 Å². The van der Waals surface area contributed by atoms with Crippen molar-refractivity contribution in [3.05, 3.63) is 64.4 Å². The zero-order chi connectivity index (χ0) is 15.4. The Kier molecular flexibility index (Phi) is 4.96. The highest BCUT2D eigenvalue weighted by Gasteiger charge is 2.17. The van der Waals surface area contributed by atoms with Gasteiger partial charge in [-0.15, -0.1) is 0 Å². The molecule has 108 valence electrons. The maximum Gasteiger partial charge on any atom is 0.489 e. The Morgan fingerprint density at radius 3 is 2.67 bits per heavy atom. The molecule has 2 rings (SSSR count). The Hall–Kier alpha value is -1.89. The van der Waals surface area contributed by atoms with E-state index in [-0.39, 0.29) is 28.4 Å². The summed E-state index contributed by atoms with van der Waals surface area (Å²) in [6.45, 7) is 0.163. The van der Waals surface area contributed by atoms with Crippen LogP contribution in [-0.2, 0) is 6.54 Å².